The minimum absolute atomic E-state index is 0.187. The first kappa shape index (κ1) is 24.3. The highest BCUT2D eigenvalue weighted by Crippen LogP contribution is 2.30. The quantitative estimate of drug-likeness (QED) is 0.265. The molecule has 0 amide bonds. The van der Waals surface area contributed by atoms with Gasteiger partial charge in [-0.25, -0.2) is 0 Å². The Bertz CT molecular complexity index is 1220. The molecule has 0 bridgehead atoms. The molecule has 0 aromatic heterocycles. The fourth-order valence-electron chi connectivity index (χ4n) is 4.47. The molecule has 0 aliphatic rings. The molecule has 4 aromatic carbocycles. The van der Waals surface area contributed by atoms with Crippen molar-refractivity contribution in [3.8, 4) is 22.3 Å². The van der Waals surface area contributed by atoms with Gasteiger partial charge < -0.3 is 0 Å². The third-order valence-electron chi connectivity index (χ3n) is 6.89. The first-order valence-electron chi connectivity index (χ1n) is 12.3. The van der Waals surface area contributed by atoms with Crippen LogP contribution in [0.15, 0.2) is 91.0 Å². The van der Waals surface area contributed by atoms with E-state index < -0.39 is 0 Å². The molecule has 4 rings (SSSR count). The van der Waals surface area contributed by atoms with E-state index in [1.54, 1.807) is 0 Å². The standard InChI is InChI=1S/C33H35Cl/c1-23(6-8-25-9-11-29(12-10-25)32-22-31(34)21-7-24(32)2)26-13-15-27(16-14-26)28-17-19-30(20-18-28)33(3,4)5/h7,9-23H,6,8H2,1-5H3. The Morgan fingerprint density at radius 1 is 0.706 bits per heavy atom. The smallest absolute Gasteiger partial charge is 0.0412 e. The monoisotopic (exact) mass is 466 g/mol. The first-order valence-corrected chi connectivity index (χ1v) is 12.6. The zero-order valence-corrected chi connectivity index (χ0v) is 21.8. The highest BCUT2D eigenvalue weighted by molar-refractivity contribution is 6.30. The molecule has 174 valence electrons. The van der Waals surface area contributed by atoms with Gasteiger partial charge in [0.05, 0.1) is 0 Å². The summed E-state index contributed by atoms with van der Waals surface area (Å²) in [6.07, 6.45) is 2.21. The molecule has 0 radical (unpaired) electrons. The van der Waals surface area contributed by atoms with Crippen LogP contribution in [0.2, 0.25) is 5.02 Å². The largest absolute Gasteiger partial charge is 0.0843 e. The molecule has 0 N–H and O–H groups in total. The van der Waals surface area contributed by atoms with Crippen LogP contribution in [0, 0.1) is 6.92 Å². The molecule has 1 heteroatoms. The minimum Gasteiger partial charge on any atom is -0.0843 e. The summed E-state index contributed by atoms with van der Waals surface area (Å²) < 4.78 is 0. The summed E-state index contributed by atoms with van der Waals surface area (Å²) in [5.41, 5.74) is 10.6. The molecule has 0 aliphatic heterocycles. The van der Waals surface area contributed by atoms with Crippen molar-refractivity contribution in [1.82, 2.24) is 0 Å². The fraction of sp³-hybridized carbons (Fsp3) is 0.273. The van der Waals surface area contributed by atoms with Crippen LogP contribution in [0.5, 0.6) is 0 Å². The number of hydrogen-bond acceptors (Lipinski definition) is 0. The van der Waals surface area contributed by atoms with Gasteiger partial charge in [-0.05, 0) is 87.7 Å². The van der Waals surface area contributed by atoms with Gasteiger partial charge in [0.2, 0.25) is 0 Å². The Balaban J connectivity index is 1.37. The molecular weight excluding hydrogens is 432 g/mol. The molecule has 0 nitrogen and oxygen atoms in total. The van der Waals surface area contributed by atoms with E-state index in [9.17, 15) is 0 Å². The molecule has 34 heavy (non-hydrogen) atoms. The van der Waals surface area contributed by atoms with Gasteiger partial charge in [-0.2, -0.15) is 0 Å². The van der Waals surface area contributed by atoms with Crippen molar-refractivity contribution in [2.75, 3.05) is 0 Å². The van der Waals surface area contributed by atoms with E-state index in [0.717, 1.165) is 17.9 Å². The predicted molar refractivity (Wildman–Crippen MR) is 149 cm³/mol. The van der Waals surface area contributed by atoms with Crippen LogP contribution in [-0.2, 0) is 11.8 Å². The maximum Gasteiger partial charge on any atom is 0.0412 e. The van der Waals surface area contributed by atoms with Crippen LogP contribution >= 0.6 is 11.6 Å². The van der Waals surface area contributed by atoms with Crippen LogP contribution in [0.3, 0.4) is 0 Å². The van der Waals surface area contributed by atoms with E-state index in [4.69, 9.17) is 11.6 Å². The maximum atomic E-state index is 6.21. The molecule has 0 fully saturated rings. The lowest BCUT2D eigenvalue weighted by molar-refractivity contribution is 0.590. The van der Waals surface area contributed by atoms with Gasteiger partial charge in [-0.1, -0.05) is 118 Å². The second kappa shape index (κ2) is 10.2. The summed E-state index contributed by atoms with van der Waals surface area (Å²) in [5.74, 6) is 0.521. The Labute approximate surface area is 210 Å². The summed E-state index contributed by atoms with van der Waals surface area (Å²) in [6.45, 7) is 11.2. The Morgan fingerprint density at radius 2 is 1.26 bits per heavy atom. The molecule has 0 aliphatic carbocycles. The number of aryl methyl sites for hydroxylation is 2. The topological polar surface area (TPSA) is 0 Å². The Kier molecular flexibility index (Phi) is 7.29. The second-order valence-electron chi connectivity index (χ2n) is 10.5. The lowest BCUT2D eigenvalue weighted by Crippen LogP contribution is -2.10. The van der Waals surface area contributed by atoms with Crippen molar-refractivity contribution in [1.29, 1.82) is 0 Å². The van der Waals surface area contributed by atoms with E-state index in [2.05, 4.69) is 120 Å². The first-order chi connectivity index (χ1) is 16.2. The average molecular weight is 467 g/mol. The number of halogens is 1. The molecule has 1 atom stereocenters. The van der Waals surface area contributed by atoms with Gasteiger partial charge >= 0.3 is 0 Å². The van der Waals surface area contributed by atoms with Gasteiger partial charge in [0, 0.05) is 5.02 Å². The molecule has 0 saturated carbocycles. The second-order valence-corrected chi connectivity index (χ2v) is 11.0. The van der Waals surface area contributed by atoms with Crippen LogP contribution in [-0.4, -0.2) is 0 Å². The van der Waals surface area contributed by atoms with Crippen molar-refractivity contribution in [3.05, 3.63) is 118 Å². The highest BCUT2D eigenvalue weighted by atomic mass is 35.5. The number of rotatable bonds is 6. The minimum atomic E-state index is 0.187. The van der Waals surface area contributed by atoms with Crippen molar-refractivity contribution < 1.29 is 0 Å². The van der Waals surface area contributed by atoms with Gasteiger partial charge in [0.1, 0.15) is 0 Å². The van der Waals surface area contributed by atoms with Crippen LogP contribution in [0.25, 0.3) is 22.3 Å². The molecule has 0 spiro atoms. The third kappa shape index (κ3) is 5.80. The fourth-order valence-corrected chi connectivity index (χ4v) is 4.64. The zero-order valence-electron chi connectivity index (χ0n) is 21.0. The Hall–Kier alpha value is -2.83. The predicted octanol–water partition coefficient (Wildman–Crippen LogP) is 10.0. The third-order valence-corrected chi connectivity index (χ3v) is 7.13. The summed E-state index contributed by atoms with van der Waals surface area (Å²) >= 11 is 6.21. The van der Waals surface area contributed by atoms with Crippen LogP contribution in [0.1, 0.15) is 62.3 Å². The molecule has 0 saturated heterocycles. The average Bonchev–Trinajstić information content (AvgIpc) is 2.84. The zero-order chi connectivity index (χ0) is 24.3. The molecular formula is C33H35Cl. The molecule has 4 aromatic rings. The maximum absolute atomic E-state index is 6.21. The lowest BCUT2D eigenvalue weighted by Gasteiger charge is -2.19. The normalized spacial score (nSPS) is 12.5. The SMILES string of the molecule is Cc1ccc(Cl)cc1-c1ccc(CCC(C)c2ccc(-c3ccc(C(C)(C)C)cc3)cc2)cc1. The van der Waals surface area contributed by atoms with E-state index in [1.165, 1.54) is 44.5 Å². The van der Waals surface area contributed by atoms with E-state index in [-0.39, 0.29) is 5.41 Å². The van der Waals surface area contributed by atoms with Crippen molar-refractivity contribution in [3.63, 3.8) is 0 Å². The Morgan fingerprint density at radius 3 is 1.85 bits per heavy atom. The van der Waals surface area contributed by atoms with E-state index >= 15 is 0 Å². The highest BCUT2D eigenvalue weighted by Gasteiger charge is 2.13. The number of hydrogen-bond donors (Lipinski definition) is 0. The van der Waals surface area contributed by atoms with E-state index in [1.807, 2.05) is 6.07 Å². The van der Waals surface area contributed by atoms with Crippen molar-refractivity contribution >= 4 is 11.6 Å². The van der Waals surface area contributed by atoms with Crippen LogP contribution < -0.4 is 0 Å². The summed E-state index contributed by atoms with van der Waals surface area (Å²) in [6, 6.07) is 33.2. The van der Waals surface area contributed by atoms with Crippen molar-refractivity contribution in [2.24, 2.45) is 0 Å². The van der Waals surface area contributed by atoms with Crippen LogP contribution in [0.4, 0.5) is 0 Å². The summed E-state index contributed by atoms with van der Waals surface area (Å²) in [4.78, 5) is 0. The lowest BCUT2D eigenvalue weighted by atomic mass is 9.86. The summed E-state index contributed by atoms with van der Waals surface area (Å²) in [5, 5.41) is 0.784. The van der Waals surface area contributed by atoms with Gasteiger partial charge in [0.25, 0.3) is 0 Å². The van der Waals surface area contributed by atoms with E-state index in [0.29, 0.717) is 5.92 Å². The van der Waals surface area contributed by atoms with Gasteiger partial charge in [-0.15, -0.1) is 0 Å². The van der Waals surface area contributed by atoms with Gasteiger partial charge in [-0.3, -0.25) is 0 Å². The summed E-state index contributed by atoms with van der Waals surface area (Å²) in [7, 11) is 0. The molecule has 1 unspecified atom stereocenters. The molecule has 0 heterocycles. The van der Waals surface area contributed by atoms with Crippen molar-refractivity contribution in [2.45, 2.75) is 58.8 Å². The van der Waals surface area contributed by atoms with Gasteiger partial charge in [0.15, 0.2) is 0 Å². The number of benzene rings is 4.